The Balaban J connectivity index is 2.81. The highest BCUT2D eigenvalue weighted by atomic mass is 16.5. The summed E-state index contributed by atoms with van der Waals surface area (Å²) in [7, 11) is 0. The summed E-state index contributed by atoms with van der Waals surface area (Å²) in [5, 5.41) is 2.98. The number of rotatable bonds is 10. The van der Waals surface area contributed by atoms with E-state index in [4.69, 9.17) is 9.47 Å². The lowest BCUT2D eigenvalue weighted by molar-refractivity contribution is 0.0938. The summed E-state index contributed by atoms with van der Waals surface area (Å²) in [4.78, 5) is 12.2. The van der Waals surface area contributed by atoms with Gasteiger partial charge in [0.05, 0.1) is 13.2 Å². The Morgan fingerprint density at radius 3 is 2.68 bits per heavy atom. The van der Waals surface area contributed by atoms with E-state index < -0.39 is 0 Å². The van der Waals surface area contributed by atoms with Gasteiger partial charge in [-0.1, -0.05) is 20.3 Å². The van der Waals surface area contributed by atoms with Gasteiger partial charge in [-0.25, -0.2) is 0 Å². The van der Waals surface area contributed by atoms with Crippen LogP contribution in [-0.4, -0.2) is 25.2 Å². The zero-order valence-electron chi connectivity index (χ0n) is 14.3. The SMILES string of the molecule is CCCCOCc1cc(C(=O)N[C@@H](C)CC)ccc1OCC. The summed E-state index contributed by atoms with van der Waals surface area (Å²) in [6.45, 7) is 9.93. The van der Waals surface area contributed by atoms with Crippen LogP contribution in [0.3, 0.4) is 0 Å². The molecule has 1 aromatic carbocycles. The molecule has 0 fully saturated rings. The van der Waals surface area contributed by atoms with Crippen LogP contribution in [0.5, 0.6) is 5.75 Å². The van der Waals surface area contributed by atoms with Crippen LogP contribution in [0.1, 0.15) is 62.9 Å². The fourth-order valence-electron chi connectivity index (χ4n) is 1.97. The Kier molecular flexibility index (Phi) is 8.60. The summed E-state index contributed by atoms with van der Waals surface area (Å²) in [5.74, 6) is 0.742. The molecule has 22 heavy (non-hydrogen) atoms. The van der Waals surface area contributed by atoms with Crippen LogP contribution < -0.4 is 10.1 Å². The van der Waals surface area contributed by atoms with Crippen molar-refractivity contribution in [3.05, 3.63) is 29.3 Å². The first-order valence-corrected chi connectivity index (χ1v) is 8.26. The second kappa shape index (κ2) is 10.2. The molecule has 0 aromatic heterocycles. The highest BCUT2D eigenvalue weighted by Crippen LogP contribution is 2.21. The molecule has 0 spiro atoms. The number of amides is 1. The third kappa shape index (κ3) is 6.06. The number of hydrogen-bond acceptors (Lipinski definition) is 3. The molecule has 0 saturated heterocycles. The van der Waals surface area contributed by atoms with E-state index in [1.54, 1.807) is 6.07 Å². The zero-order valence-corrected chi connectivity index (χ0v) is 14.3. The van der Waals surface area contributed by atoms with Gasteiger partial charge in [-0.3, -0.25) is 4.79 Å². The Morgan fingerprint density at radius 2 is 2.05 bits per heavy atom. The van der Waals surface area contributed by atoms with E-state index in [1.165, 1.54) is 0 Å². The zero-order chi connectivity index (χ0) is 16.4. The van der Waals surface area contributed by atoms with Gasteiger partial charge in [0.25, 0.3) is 5.91 Å². The number of benzene rings is 1. The van der Waals surface area contributed by atoms with Gasteiger partial charge in [0.2, 0.25) is 0 Å². The quantitative estimate of drug-likeness (QED) is 0.666. The highest BCUT2D eigenvalue weighted by Gasteiger charge is 2.12. The molecule has 0 saturated carbocycles. The second-order valence-corrected chi connectivity index (χ2v) is 5.44. The predicted octanol–water partition coefficient (Wildman–Crippen LogP) is 3.93. The van der Waals surface area contributed by atoms with Crippen LogP contribution in [0, 0.1) is 0 Å². The molecule has 1 N–H and O–H groups in total. The number of carbonyl (C=O) groups excluding carboxylic acids is 1. The van der Waals surface area contributed by atoms with Crippen molar-refractivity contribution in [2.75, 3.05) is 13.2 Å². The Hall–Kier alpha value is -1.55. The van der Waals surface area contributed by atoms with Crippen LogP contribution in [0.2, 0.25) is 0 Å². The van der Waals surface area contributed by atoms with Gasteiger partial charge >= 0.3 is 0 Å². The third-order valence-corrected chi connectivity index (χ3v) is 3.51. The standard InChI is InChI=1S/C18H29NO3/c1-5-8-11-21-13-16-12-15(9-10-17(16)22-7-3)18(20)19-14(4)6-2/h9-10,12,14H,5-8,11,13H2,1-4H3,(H,19,20)/t14-/m0/s1. The topological polar surface area (TPSA) is 47.6 Å². The fraction of sp³-hybridized carbons (Fsp3) is 0.611. The molecule has 0 unspecified atom stereocenters. The van der Waals surface area contributed by atoms with Crippen molar-refractivity contribution in [2.45, 2.75) is 59.6 Å². The maximum atomic E-state index is 12.2. The summed E-state index contributed by atoms with van der Waals surface area (Å²) in [6, 6.07) is 5.70. The van der Waals surface area contributed by atoms with Crippen molar-refractivity contribution in [2.24, 2.45) is 0 Å². The van der Waals surface area contributed by atoms with Crippen LogP contribution in [0.4, 0.5) is 0 Å². The summed E-state index contributed by atoms with van der Waals surface area (Å²) >= 11 is 0. The lowest BCUT2D eigenvalue weighted by atomic mass is 10.1. The largest absolute Gasteiger partial charge is 0.494 e. The van der Waals surface area contributed by atoms with E-state index in [9.17, 15) is 4.79 Å². The van der Waals surface area contributed by atoms with Gasteiger partial charge < -0.3 is 14.8 Å². The number of hydrogen-bond donors (Lipinski definition) is 1. The first-order valence-electron chi connectivity index (χ1n) is 8.26. The minimum Gasteiger partial charge on any atom is -0.494 e. The molecule has 0 heterocycles. The average Bonchev–Trinajstić information content (AvgIpc) is 2.52. The molecule has 1 rings (SSSR count). The van der Waals surface area contributed by atoms with E-state index >= 15 is 0 Å². The van der Waals surface area contributed by atoms with Crippen molar-refractivity contribution in [3.63, 3.8) is 0 Å². The first-order chi connectivity index (χ1) is 10.6. The molecule has 1 atom stereocenters. The molecule has 1 aromatic rings. The maximum absolute atomic E-state index is 12.2. The normalized spacial score (nSPS) is 12.0. The lowest BCUT2D eigenvalue weighted by Crippen LogP contribution is -2.31. The fourth-order valence-corrected chi connectivity index (χ4v) is 1.97. The highest BCUT2D eigenvalue weighted by molar-refractivity contribution is 5.94. The molecule has 4 nitrogen and oxygen atoms in total. The van der Waals surface area contributed by atoms with Gasteiger partial charge in [0.1, 0.15) is 5.75 Å². The minimum atomic E-state index is -0.0489. The van der Waals surface area contributed by atoms with Gasteiger partial charge in [-0.05, 0) is 44.9 Å². The van der Waals surface area contributed by atoms with Gasteiger partial charge in [0, 0.05) is 23.8 Å². The van der Waals surface area contributed by atoms with Crippen LogP contribution in [-0.2, 0) is 11.3 Å². The number of ether oxygens (including phenoxy) is 2. The molecule has 0 aliphatic rings. The monoisotopic (exact) mass is 307 g/mol. The van der Waals surface area contributed by atoms with Crippen LogP contribution in [0.25, 0.3) is 0 Å². The van der Waals surface area contributed by atoms with E-state index in [-0.39, 0.29) is 11.9 Å². The Morgan fingerprint density at radius 1 is 1.27 bits per heavy atom. The minimum absolute atomic E-state index is 0.0489. The summed E-state index contributed by atoms with van der Waals surface area (Å²) in [5.41, 5.74) is 1.58. The molecule has 1 amide bonds. The molecular weight excluding hydrogens is 278 g/mol. The van der Waals surface area contributed by atoms with Gasteiger partial charge in [-0.15, -0.1) is 0 Å². The Labute approximate surface area is 134 Å². The molecule has 0 aliphatic heterocycles. The average molecular weight is 307 g/mol. The maximum Gasteiger partial charge on any atom is 0.251 e. The van der Waals surface area contributed by atoms with Crippen molar-refractivity contribution < 1.29 is 14.3 Å². The van der Waals surface area contributed by atoms with E-state index in [1.807, 2.05) is 26.0 Å². The van der Waals surface area contributed by atoms with Crippen molar-refractivity contribution in [1.29, 1.82) is 0 Å². The summed E-state index contributed by atoms with van der Waals surface area (Å²) in [6.07, 6.45) is 3.06. The first kappa shape index (κ1) is 18.5. The predicted molar refractivity (Wildman–Crippen MR) is 89.4 cm³/mol. The second-order valence-electron chi connectivity index (χ2n) is 5.44. The van der Waals surface area contributed by atoms with Crippen molar-refractivity contribution in [1.82, 2.24) is 5.32 Å². The van der Waals surface area contributed by atoms with Gasteiger partial charge in [-0.2, -0.15) is 0 Å². The van der Waals surface area contributed by atoms with Crippen LogP contribution in [0.15, 0.2) is 18.2 Å². The molecule has 4 heteroatoms. The number of nitrogens with one attached hydrogen (secondary N) is 1. The van der Waals surface area contributed by atoms with Crippen LogP contribution >= 0.6 is 0 Å². The van der Waals surface area contributed by atoms with Gasteiger partial charge in [0.15, 0.2) is 0 Å². The third-order valence-electron chi connectivity index (χ3n) is 3.51. The molecular formula is C18H29NO3. The molecule has 124 valence electrons. The Bertz CT molecular complexity index is 460. The van der Waals surface area contributed by atoms with E-state index in [0.717, 1.165) is 37.2 Å². The molecule has 0 aliphatic carbocycles. The smallest absolute Gasteiger partial charge is 0.251 e. The number of unbranched alkanes of at least 4 members (excludes halogenated alkanes) is 1. The molecule has 0 radical (unpaired) electrons. The van der Waals surface area contributed by atoms with Crippen molar-refractivity contribution >= 4 is 5.91 Å². The number of carbonyl (C=O) groups is 1. The van der Waals surface area contributed by atoms with E-state index in [0.29, 0.717) is 18.8 Å². The van der Waals surface area contributed by atoms with Crippen molar-refractivity contribution in [3.8, 4) is 5.75 Å². The molecule has 0 bridgehead atoms. The summed E-state index contributed by atoms with van der Waals surface area (Å²) < 4.78 is 11.3. The lowest BCUT2D eigenvalue weighted by Gasteiger charge is -2.14. The van der Waals surface area contributed by atoms with E-state index in [2.05, 4.69) is 19.2 Å².